The number of amides is 1. The van der Waals surface area contributed by atoms with Crippen molar-refractivity contribution in [3.8, 4) is 0 Å². The summed E-state index contributed by atoms with van der Waals surface area (Å²) in [4.78, 5) is 11.8. The van der Waals surface area contributed by atoms with Crippen LogP contribution in [0.1, 0.15) is 43.6 Å². The topological polar surface area (TPSA) is 58.6 Å². The molecule has 2 rings (SSSR count). The smallest absolute Gasteiger partial charge is 0.412 e. The maximum Gasteiger partial charge on any atom is 0.412 e. The highest BCUT2D eigenvalue weighted by atomic mass is 79.9. The molecule has 0 fully saturated rings. The van der Waals surface area contributed by atoms with Crippen molar-refractivity contribution in [3.63, 3.8) is 0 Å². The fourth-order valence-corrected chi connectivity index (χ4v) is 2.77. The number of aryl methyl sites for hydroxylation is 1. The molecule has 1 atom stereocenters. The van der Waals surface area contributed by atoms with Gasteiger partial charge in [-0.3, -0.25) is 5.32 Å². The molecule has 0 aliphatic carbocycles. The first-order chi connectivity index (χ1) is 11.2. The van der Waals surface area contributed by atoms with E-state index in [-0.39, 0.29) is 0 Å². The van der Waals surface area contributed by atoms with Gasteiger partial charge in [0.2, 0.25) is 0 Å². The minimum absolute atomic E-state index is 0.513. The van der Waals surface area contributed by atoms with Crippen LogP contribution in [-0.4, -0.2) is 16.8 Å². The van der Waals surface area contributed by atoms with E-state index in [4.69, 9.17) is 4.74 Å². The van der Waals surface area contributed by atoms with E-state index >= 15 is 0 Å². The Kier molecular flexibility index (Phi) is 5.67. The van der Waals surface area contributed by atoms with Gasteiger partial charge in [0.15, 0.2) is 0 Å². The molecule has 2 aromatic rings. The van der Waals surface area contributed by atoms with Gasteiger partial charge in [-0.05, 0) is 51.0 Å². The predicted molar refractivity (Wildman–Crippen MR) is 99.2 cm³/mol. The summed E-state index contributed by atoms with van der Waals surface area (Å²) < 4.78 is 5.94. The molecule has 2 aromatic carbocycles. The molecule has 128 valence electrons. The van der Waals surface area contributed by atoms with Crippen LogP contribution < -0.4 is 5.32 Å². The molecule has 2 N–H and O–H groups in total. The van der Waals surface area contributed by atoms with Gasteiger partial charge in [-0.2, -0.15) is 0 Å². The van der Waals surface area contributed by atoms with Crippen molar-refractivity contribution in [2.24, 2.45) is 0 Å². The number of halogens is 1. The van der Waals surface area contributed by atoms with Gasteiger partial charge >= 0.3 is 6.09 Å². The quantitative estimate of drug-likeness (QED) is 0.756. The van der Waals surface area contributed by atoms with E-state index in [1.807, 2.05) is 52.0 Å². The molecular weight excluding hydrogens is 370 g/mol. The lowest BCUT2D eigenvalue weighted by Gasteiger charge is -2.20. The average molecular weight is 392 g/mol. The molecule has 0 aromatic heterocycles. The minimum Gasteiger partial charge on any atom is -0.444 e. The Hall–Kier alpha value is -1.85. The van der Waals surface area contributed by atoms with Gasteiger partial charge in [0.1, 0.15) is 11.7 Å². The molecule has 0 spiro atoms. The van der Waals surface area contributed by atoms with Crippen molar-refractivity contribution in [2.75, 3.05) is 5.32 Å². The van der Waals surface area contributed by atoms with E-state index in [1.165, 1.54) is 0 Å². The molecule has 1 amide bonds. The summed E-state index contributed by atoms with van der Waals surface area (Å²) in [5.41, 5.74) is 2.73. The highest BCUT2D eigenvalue weighted by molar-refractivity contribution is 9.10. The molecule has 5 heteroatoms. The second-order valence-corrected chi connectivity index (χ2v) is 7.53. The van der Waals surface area contributed by atoms with Crippen molar-refractivity contribution in [3.05, 3.63) is 63.6 Å². The normalized spacial score (nSPS) is 12.6. The summed E-state index contributed by atoms with van der Waals surface area (Å²) in [5.74, 6) is 0. The molecule has 4 nitrogen and oxygen atoms in total. The number of nitrogens with one attached hydrogen (secondary N) is 1. The van der Waals surface area contributed by atoms with Crippen molar-refractivity contribution in [1.29, 1.82) is 0 Å². The maximum absolute atomic E-state index is 11.8. The first-order valence-electron chi connectivity index (χ1n) is 7.70. The first-order valence-corrected chi connectivity index (χ1v) is 8.49. The third kappa shape index (κ3) is 5.08. The largest absolute Gasteiger partial charge is 0.444 e. The molecule has 0 aliphatic rings. The monoisotopic (exact) mass is 391 g/mol. The number of rotatable bonds is 3. The average Bonchev–Trinajstić information content (AvgIpc) is 2.45. The summed E-state index contributed by atoms with van der Waals surface area (Å²) >= 11 is 3.46. The number of hydrogen-bond donors (Lipinski definition) is 2. The van der Waals surface area contributed by atoms with Crippen LogP contribution in [0.4, 0.5) is 10.5 Å². The third-order valence-corrected chi connectivity index (χ3v) is 4.02. The Morgan fingerprint density at radius 2 is 1.79 bits per heavy atom. The predicted octanol–water partition coefficient (Wildman–Crippen LogP) is 5.19. The van der Waals surface area contributed by atoms with E-state index in [0.717, 1.165) is 16.7 Å². The van der Waals surface area contributed by atoms with Crippen LogP contribution in [0.15, 0.2) is 46.9 Å². The summed E-state index contributed by atoms with van der Waals surface area (Å²) in [6.45, 7) is 7.43. The van der Waals surface area contributed by atoms with Crippen LogP contribution in [0.2, 0.25) is 0 Å². The van der Waals surface area contributed by atoms with E-state index < -0.39 is 17.8 Å². The number of carbonyl (C=O) groups is 1. The summed E-state index contributed by atoms with van der Waals surface area (Å²) in [7, 11) is 0. The summed E-state index contributed by atoms with van der Waals surface area (Å²) in [6, 6.07) is 13.0. The van der Waals surface area contributed by atoms with E-state index in [0.29, 0.717) is 10.2 Å². The van der Waals surface area contributed by atoms with Gasteiger partial charge in [-0.25, -0.2) is 4.79 Å². The van der Waals surface area contributed by atoms with Crippen LogP contribution in [0, 0.1) is 6.92 Å². The molecule has 1 unspecified atom stereocenters. The third-order valence-electron chi connectivity index (χ3n) is 3.33. The fourth-order valence-electron chi connectivity index (χ4n) is 2.18. The van der Waals surface area contributed by atoms with Crippen LogP contribution in [0.3, 0.4) is 0 Å². The Balaban J connectivity index is 2.14. The highest BCUT2D eigenvalue weighted by Crippen LogP contribution is 2.31. The van der Waals surface area contributed by atoms with Crippen LogP contribution >= 0.6 is 15.9 Å². The lowest BCUT2D eigenvalue weighted by Crippen LogP contribution is -2.27. The van der Waals surface area contributed by atoms with Gasteiger partial charge in [0.05, 0.1) is 0 Å². The van der Waals surface area contributed by atoms with Gasteiger partial charge in [0.25, 0.3) is 0 Å². The lowest BCUT2D eigenvalue weighted by molar-refractivity contribution is 0.0636. The molecular formula is C19H22BrNO3. The van der Waals surface area contributed by atoms with Crippen LogP contribution in [0.25, 0.3) is 0 Å². The van der Waals surface area contributed by atoms with E-state index in [2.05, 4.69) is 21.2 Å². The molecule has 0 radical (unpaired) electrons. The number of benzene rings is 2. The highest BCUT2D eigenvalue weighted by Gasteiger charge is 2.18. The molecule has 0 saturated carbocycles. The van der Waals surface area contributed by atoms with Crippen molar-refractivity contribution in [1.82, 2.24) is 0 Å². The van der Waals surface area contributed by atoms with Crippen LogP contribution in [-0.2, 0) is 4.74 Å². The first kappa shape index (κ1) is 18.5. The summed E-state index contributed by atoms with van der Waals surface area (Å²) in [6.07, 6.45) is -1.25. The zero-order valence-electron chi connectivity index (χ0n) is 14.3. The Morgan fingerprint density at radius 3 is 2.33 bits per heavy atom. The Labute approximate surface area is 151 Å². The zero-order valence-corrected chi connectivity index (χ0v) is 15.8. The lowest BCUT2D eigenvalue weighted by atomic mass is 10.0. The number of aliphatic hydroxyl groups excluding tert-OH is 1. The number of aliphatic hydroxyl groups is 1. The standard InChI is InChI=1S/C19H22BrNO3/c1-12-5-7-13(8-6-12)17(22)15-10-9-14(11-16(15)20)21-18(23)24-19(2,3)4/h5-11,17,22H,1-4H3,(H,21,23). The van der Waals surface area contributed by atoms with Crippen molar-refractivity contribution in [2.45, 2.75) is 39.4 Å². The zero-order chi connectivity index (χ0) is 17.9. The van der Waals surface area contributed by atoms with Crippen molar-refractivity contribution < 1.29 is 14.6 Å². The Bertz CT molecular complexity index is 720. The summed E-state index contributed by atoms with van der Waals surface area (Å²) in [5, 5.41) is 13.2. The molecule has 0 heterocycles. The van der Waals surface area contributed by atoms with E-state index in [1.54, 1.807) is 18.2 Å². The van der Waals surface area contributed by atoms with Gasteiger partial charge in [0, 0.05) is 10.2 Å². The van der Waals surface area contributed by atoms with Crippen LogP contribution in [0.5, 0.6) is 0 Å². The Morgan fingerprint density at radius 1 is 1.17 bits per heavy atom. The van der Waals surface area contributed by atoms with Gasteiger partial charge in [-0.1, -0.05) is 51.8 Å². The molecule has 0 saturated heterocycles. The SMILES string of the molecule is Cc1ccc(C(O)c2ccc(NC(=O)OC(C)(C)C)cc2Br)cc1. The molecule has 0 aliphatic heterocycles. The number of hydrogen-bond acceptors (Lipinski definition) is 3. The number of anilines is 1. The second kappa shape index (κ2) is 7.36. The minimum atomic E-state index is -0.740. The van der Waals surface area contributed by atoms with E-state index in [9.17, 15) is 9.90 Å². The number of ether oxygens (including phenoxy) is 1. The van der Waals surface area contributed by atoms with Gasteiger partial charge in [-0.15, -0.1) is 0 Å². The molecule has 24 heavy (non-hydrogen) atoms. The number of carbonyl (C=O) groups excluding carboxylic acids is 1. The maximum atomic E-state index is 11.8. The second-order valence-electron chi connectivity index (χ2n) is 6.68. The molecule has 0 bridgehead atoms. The van der Waals surface area contributed by atoms with Crippen molar-refractivity contribution >= 4 is 27.7 Å². The fraction of sp³-hybridized carbons (Fsp3) is 0.316. The van der Waals surface area contributed by atoms with Gasteiger partial charge < -0.3 is 9.84 Å².